The first-order valence-electron chi connectivity index (χ1n) is 4.78. The second kappa shape index (κ2) is 4.12. The van der Waals surface area contributed by atoms with Gasteiger partial charge in [0.05, 0.1) is 6.04 Å². The molecular weight excluding hydrogens is 196 g/mol. The molecule has 1 atom stereocenters. The van der Waals surface area contributed by atoms with Gasteiger partial charge in [0, 0.05) is 19.3 Å². The molecule has 1 unspecified atom stereocenters. The van der Waals surface area contributed by atoms with Gasteiger partial charge in [-0.25, -0.2) is 4.79 Å². The number of amides is 1. The van der Waals surface area contributed by atoms with Gasteiger partial charge < -0.3 is 15.3 Å². The largest absolute Gasteiger partial charge is 0.465 e. The molecule has 2 heterocycles. The number of carbonyl (C=O) groups is 1. The number of hydrogen-bond acceptors (Lipinski definition) is 4. The summed E-state index contributed by atoms with van der Waals surface area (Å²) in [5.74, 6) is 0.798. The Hall–Kier alpha value is -1.85. The highest BCUT2D eigenvalue weighted by atomic mass is 16.4. The molecule has 1 fully saturated rings. The van der Waals surface area contributed by atoms with Crippen molar-refractivity contribution in [3.8, 4) is 0 Å². The van der Waals surface area contributed by atoms with Gasteiger partial charge in [-0.05, 0) is 18.6 Å². The van der Waals surface area contributed by atoms with Gasteiger partial charge >= 0.3 is 6.09 Å². The number of anilines is 1. The second-order valence-corrected chi connectivity index (χ2v) is 3.46. The van der Waals surface area contributed by atoms with E-state index in [1.165, 1.54) is 0 Å². The zero-order chi connectivity index (χ0) is 10.7. The molecule has 6 nitrogen and oxygen atoms in total. The first-order valence-corrected chi connectivity index (χ1v) is 4.78. The van der Waals surface area contributed by atoms with Gasteiger partial charge in [0.15, 0.2) is 5.82 Å². The van der Waals surface area contributed by atoms with E-state index in [9.17, 15) is 4.79 Å². The van der Waals surface area contributed by atoms with Crippen LogP contribution in [-0.2, 0) is 0 Å². The van der Waals surface area contributed by atoms with Crippen molar-refractivity contribution in [1.29, 1.82) is 0 Å². The van der Waals surface area contributed by atoms with Crippen LogP contribution in [0.1, 0.15) is 6.42 Å². The van der Waals surface area contributed by atoms with Crippen molar-refractivity contribution in [1.82, 2.24) is 15.5 Å². The van der Waals surface area contributed by atoms with Crippen LogP contribution >= 0.6 is 0 Å². The SMILES string of the molecule is O=C(O)NC1CCN(c2cccnn2)C1. The van der Waals surface area contributed by atoms with Crippen LogP contribution in [-0.4, -0.2) is 40.5 Å². The molecule has 0 radical (unpaired) electrons. The van der Waals surface area contributed by atoms with Crippen LogP contribution < -0.4 is 10.2 Å². The van der Waals surface area contributed by atoms with E-state index in [0.29, 0.717) is 6.54 Å². The van der Waals surface area contributed by atoms with E-state index in [2.05, 4.69) is 15.5 Å². The standard InChI is InChI=1S/C9H12N4O2/c14-9(15)11-7-3-5-13(6-7)8-2-1-4-10-12-8/h1-2,4,7,11H,3,5-6H2,(H,14,15). The van der Waals surface area contributed by atoms with Gasteiger partial charge in [-0.15, -0.1) is 5.10 Å². The van der Waals surface area contributed by atoms with E-state index in [4.69, 9.17) is 5.11 Å². The smallest absolute Gasteiger partial charge is 0.404 e. The van der Waals surface area contributed by atoms with E-state index >= 15 is 0 Å². The zero-order valence-corrected chi connectivity index (χ0v) is 8.13. The molecule has 15 heavy (non-hydrogen) atoms. The fraction of sp³-hybridized carbons (Fsp3) is 0.444. The van der Waals surface area contributed by atoms with E-state index < -0.39 is 6.09 Å². The van der Waals surface area contributed by atoms with Crippen LogP contribution in [0.5, 0.6) is 0 Å². The Kier molecular flexibility index (Phi) is 2.66. The van der Waals surface area contributed by atoms with Crippen LogP contribution in [0.4, 0.5) is 10.6 Å². The van der Waals surface area contributed by atoms with Gasteiger partial charge in [-0.3, -0.25) is 0 Å². The first kappa shape index (κ1) is 9.70. The molecular formula is C9H12N4O2. The quantitative estimate of drug-likeness (QED) is 0.732. The topological polar surface area (TPSA) is 78.4 Å². The summed E-state index contributed by atoms with van der Waals surface area (Å²) in [5, 5.41) is 18.8. The fourth-order valence-corrected chi connectivity index (χ4v) is 1.72. The third-order valence-electron chi connectivity index (χ3n) is 2.40. The highest BCUT2D eigenvalue weighted by Crippen LogP contribution is 2.16. The third-order valence-corrected chi connectivity index (χ3v) is 2.40. The molecule has 0 bridgehead atoms. The average molecular weight is 208 g/mol. The Morgan fingerprint density at radius 2 is 2.53 bits per heavy atom. The van der Waals surface area contributed by atoms with Crippen molar-refractivity contribution in [2.75, 3.05) is 18.0 Å². The molecule has 2 N–H and O–H groups in total. The fourth-order valence-electron chi connectivity index (χ4n) is 1.72. The monoisotopic (exact) mass is 208 g/mol. The molecule has 0 aromatic carbocycles. The van der Waals surface area contributed by atoms with Crippen molar-refractivity contribution in [2.45, 2.75) is 12.5 Å². The molecule has 1 aliphatic rings. The normalized spacial score (nSPS) is 20.3. The summed E-state index contributed by atoms with van der Waals surface area (Å²) in [6, 6.07) is 3.68. The minimum atomic E-state index is -0.971. The Balaban J connectivity index is 1.96. The van der Waals surface area contributed by atoms with Crippen LogP contribution in [0.3, 0.4) is 0 Å². The molecule has 1 aromatic heterocycles. The Morgan fingerprint density at radius 3 is 3.20 bits per heavy atom. The number of aromatic nitrogens is 2. The lowest BCUT2D eigenvalue weighted by Gasteiger charge is -2.16. The molecule has 1 aromatic rings. The van der Waals surface area contributed by atoms with Crippen molar-refractivity contribution < 1.29 is 9.90 Å². The Morgan fingerprint density at radius 1 is 1.67 bits per heavy atom. The van der Waals surface area contributed by atoms with Crippen LogP contribution in [0.25, 0.3) is 0 Å². The summed E-state index contributed by atoms with van der Waals surface area (Å²) in [5.41, 5.74) is 0. The highest BCUT2D eigenvalue weighted by Gasteiger charge is 2.24. The minimum absolute atomic E-state index is 0.00972. The number of hydrogen-bond donors (Lipinski definition) is 2. The summed E-state index contributed by atoms with van der Waals surface area (Å²) >= 11 is 0. The summed E-state index contributed by atoms with van der Waals surface area (Å²) < 4.78 is 0. The maximum absolute atomic E-state index is 10.4. The molecule has 1 aliphatic heterocycles. The Bertz CT molecular complexity index is 343. The Labute approximate surface area is 86.9 Å². The third kappa shape index (κ3) is 2.34. The summed E-state index contributed by atoms with van der Waals surface area (Å²) in [6.45, 7) is 1.47. The van der Waals surface area contributed by atoms with Crippen LogP contribution in [0.15, 0.2) is 18.3 Å². The lowest BCUT2D eigenvalue weighted by molar-refractivity contribution is 0.191. The molecule has 1 amide bonds. The maximum atomic E-state index is 10.4. The van der Waals surface area contributed by atoms with Gasteiger partial charge in [0.1, 0.15) is 0 Å². The van der Waals surface area contributed by atoms with Crippen molar-refractivity contribution >= 4 is 11.9 Å². The van der Waals surface area contributed by atoms with Gasteiger partial charge in [0.2, 0.25) is 0 Å². The number of nitrogens with zero attached hydrogens (tertiary/aromatic N) is 3. The first-order chi connectivity index (χ1) is 7.25. The lowest BCUT2D eigenvalue weighted by Crippen LogP contribution is -2.36. The van der Waals surface area contributed by atoms with Gasteiger partial charge in [-0.1, -0.05) is 0 Å². The highest BCUT2D eigenvalue weighted by molar-refractivity contribution is 5.65. The van der Waals surface area contributed by atoms with Crippen LogP contribution in [0.2, 0.25) is 0 Å². The maximum Gasteiger partial charge on any atom is 0.404 e. The van der Waals surface area contributed by atoms with Crippen molar-refractivity contribution in [2.24, 2.45) is 0 Å². The number of rotatable bonds is 2. The molecule has 0 aliphatic carbocycles. The summed E-state index contributed by atoms with van der Waals surface area (Å²) in [7, 11) is 0. The van der Waals surface area contributed by atoms with E-state index in [1.54, 1.807) is 6.20 Å². The summed E-state index contributed by atoms with van der Waals surface area (Å²) in [6.07, 6.45) is 1.45. The zero-order valence-electron chi connectivity index (χ0n) is 8.13. The summed E-state index contributed by atoms with van der Waals surface area (Å²) in [4.78, 5) is 12.5. The van der Waals surface area contributed by atoms with Gasteiger partial charge in [-0.2, -0.15) is 5.10 Å². The molecule has 80 valence electrons. The lowest BCUT2D eigenvalue weighted by atomic mass is 10.3. The molecule has 0 saturated carbocycles. The van der Waals surface area contributed by atoms with Crippen LogP contribution in [0, 0.1) is 0 Å². The van der Waals surface area contributed by atoms with E-state index in [-0.39, 0.29) is 6.04 Å². The number of nitrogens with one attached hydrogen (secondary N) is 1. The molecule has 0 spiro atoms. The predicted octanol–water partition coefficient (Wildman–Crippen LogP) is 0.323. The van der Waals surface area contributed by atoms with Crippen molar-refractivity contribution in [3.05, 3.63) is 18.3 Å². The van der Waals surface area contributed by atoms with E-state index in [1.807, 2.05) is 17.0 Å². The molecule has 1 saturated heterocycles. The molecule has 2 rings (SSSR count). The second-order valence-electron chi connectivity index (χ2n) is 3.46. The van der Waals surface area contributed by atoms with Crippen molar-refractivity contribution in [3.63, 3.8) is 0 Å². The van der Waals surface area contributed by atoms with E-state index in [0.717, 1.165) is 18.8 Å². The van der Waals surface area contributed by atoms with Gasteiger partial charge in [0.25, 0.3) is 0 Å². The minimum Gasteiger partial charge on any atom is -0.465 e. The predicted molar refractivity (Wildman–Crippen MR) is 53.8 cm³/mol. The molecule has 6 heteroatoms. The number of carboxylic acid groups (broad SMARTS) is 1. The average Bonchev–Trinajstić information content (AvgIpc) is 2.67.